The monoisotopic (exact) mass is 282 g/mol. The SMILES string of the molecule is N#C/C(=C\c1ccc(N2CCCC2)o1)c1ccc(F)cc1. The molecule has 0 N–H and O–H groups in total. The van der Waals surface area contributed by atoms with E-state index in [2.05, 4.69) is 11.0 Å². The molecule has 21 heavy (non-hydrogen) atoms. The highest BCUT2D eigenvalue weighted by molar-refractivity contribution is 5.88. The van der Waals surface area contributed by atoms with Gasteiger partial charge in [0.25, 0.3) is 0 Å². The molecule has 1 fully saturated rings. The van der Waals surface area contributed by atoms with E-state index in [4.69, 9.17) is 4.42 Å². The van der Waals surface area contributed by atoms with Crippen LogP contribution < -0.4 is 4.90 Å². The van der Waals surface area contributed by atoms with Crippen LogP contribution in [0.5, 0.6) is 0 Å². The topological polar surface area (TPSA) is 40.2 Å². The van der Waals surface area contributed by atoms with Gasteiger partial charge in [-0.3, -0.25) is 0 Å². The Hall–Kier alpha value is -2.54. The van der Waals surface area contributed by atoms with Crippen molar-refractivity contribution in [1.29, 1.82) is 5.26 Å². The number of hydrogen-bond donors (Lipinski definition) is 0. The largest absolute Gasteiger partial charge is 0.441 e. The van der Waals surface area contributed by atoms with E-state index in [1.54, 1.807) is 18.2 Å². The molecule has 1 aliphatic rings. The van der Waals surface area contributed by atoms with Gasteiger partial charge in [0, 0.05) is 19.2 Å². The Morgan fingerprint density at radius 2 is 1.86 bits per heavy atom. The molecule has 0 bridgehead atoms. The molecule has 1 saturated heterocycles. The van der Waals surface area contributed by atoms with Crippen molar-refractivity contribution in [1.82, 2.24) is 0 Å². The minimum atomic E-state index is -0.314. The van der Waals surface area contributed by atoms with Gasteiger partial charge in [0.15, 0.2) is 5.88 Å². The van der Waals surface area contributed by atoms with E-state index in [0.29, 0.717) is 16.9 Å². The van der Waals surface area contributed by atoms with Gasteiger partial charge in [-0.15, -0.1) is 0 Å². The van der Waals surface area contributed by atoms with Gasteiger partial charge >= 0.3 is 0 Å². The molecule has 0 radical (unpaired) electrons. The van der Waals surface area contributed by atoms with Gasteiger partial charge in [-0.25, -0.2) is 4.39 Å². The Labute approximate surface area is 122 Å². The van der Waals surface area contributed by atoms with Crippen molar-refractivity contribution in [2.45, 2.75) is 12.8 Å². The normalized spacial score (nSPS) is 15.2. The van der Waals surface area contributed by atoms with Crippen LogP contribution >= 0.6 is 0 Å². The first kappa shape index (κ1) is 13.4. The summed E-state index contributed by atoms with van der Waals surface area (Å²) in [7, 11) is 0. The summed E-state index contributed by atoms with van der Waals surface area (Å²) in [5, 5.41) is 9.26. The molecule has 0 spiro atoms. The molecular formula is C17H15FN2O. The van der Waals surface area contributed by atoms with Gasteiger partial charge in [0.1, 0.15) is 11.6 Å². The third-order valence-corrected chi connectivity index (χ3v) is 3.59. The van der Waals surface area contributed by atoms with Crippen LogP contribution in [0.25, 0.3) is 11.6 Å². The molecule has 2 heterocycles. The molecule has 0 atom stereocenters. The van der Waals surface area contributed by atoms with Crippen molar-refractivity contribution in [2.24, 2.45) is 0 Å². The number of hydrogen-bond acceptors (Lipinski definition) is 3. The van der Waals surface area contributed by atoms with Crippen LogP contribution in [0.15, 0.2) is 40.8 Å². The highest BCUT2D eigenvalue weighted by Crippen LogP contribution is 2.25. The lowest BCUT2D eigenvalue weighted by molar-refractivity contribution is 0.548. The van der Waals surface area contributed by atoms with Crippen molar-refractivity contribution in [3.63, 3.8) is 0 Å². The number of benzene rings is 1. The summed E-state index contributed by atoms with van der Waals surface area (Å²) in [6, 6.07) is 11.8. The summed E-state index contributed by atoms with van der Waals surface area (Å²) in [5.74, 6) is 1.17. The lowest BCUT2D eigenvalue weighted by Crippen LogP contribution is -2.16. The van der Waals surface area contributed by atoms with Gasteiger partial charge < -0.3 is 9.32 Å². The summed E-state index contributed by atoms with van der Waals surface area (Å²) in [6.45, 7) is 2.03. The quantitative estimate of drug-likeness (QED) is 0.796. The van der Waals surface area contributed by atoms with Crippen LogP contribution in [-0.2, 0) is 0 Å². The molecule has 1 aliphatic heterocycles. The Morgan fingerprint density at radius 3 is 2.52 bits per heavy atom. The van der Waals surface area contributed by atoms with E-state index in [0.717, 1.165) is 19.0 Å². The molecule has 0 saturated carbocycles. The molecule has 0 unspecified atom stereocenters. The zero-order valence-electron chi connectivity index (χ0n) is 11.6. The molecule has 1 aromatic carbocycles. The van der Waals surface area contributed by atoms with Crippen LogP contribution in [-0.4, -0.2) is 13.1 Å². The van der Waals surface area contributed by atoms with E-state index < -0.39 is 0 Å². The fourth-order valence-corrected chi connectivity index (χ4v) is 2.48. The van der Waals surface area contributed by atoms with Crippen LogP contribution in [0.3, 0.4) is 0 Å². The Morgan fingerprint density at radius 1 is 1.14 bits per heavy atom. The Bertz CT molecular complexity index is 688. The molecule has 1 aromatic heterocycles. The number of nitriles is 1. The molecule has 4 heteroatoms. The number of allylic oxidation sites excluding steroid dienone is 1. The first-order valence-corrected chi connectivity index (χ1v) is 6.99. The second kappa shape index (κ2) is 5.84. The van der Waals surface area contributed by atoms with Crippen LogP contribution in [0.1, 0.15) is 24.2 Å². The smallest absolute Gasteiger partial charge is 0.196 e. The number of nitrogens with zero attached hydrogens (tertiary/aromatic N) is 2. The summed E-state index contributed by atoms with van der Waals surface area (Å²) < 4.78 is 18.7. The maximum atomic E-state index is 12.9. The number of furan rings is 1. The van der Waals surface area contributed by atoms with Crippen LogP contribution in [0.4, 0.5) is 10.3 Å². The van der Waals surface area contributed by atoms with Gasteiger partial charge in [-0.05, 0) is 42.7 Å². The maximum Gasteiger partial charge on any atom is 0.196 e. The summed E-state index contributed by atoms with van der Waals surface area (Å²) in [4.78, 5) is 2.20. The molecular weight excluding hydrogens is 267 g/mol. The predicted molar refractivity (Wildman–Crippen MR) is 80.0 cm³/mol. The first-order valence-electron chi connectivity index (χ1n) is 6.99. The molecule has 0 amide bonds. The van der Waals surface area contributed by atoms with Gasteiger partial charge in [-0.1, -0.05) is 12.1 Å². The molecule has 3 nitrogen and oxygen atoms in total. The molecule has 106 valence electrons. The predicted octanol–water partition coefficient (Wildman–Crippen LogP) is 4.08. The van der Waals surface area contributed by atoms with Crippen molar-refractivity contribution in [3.05, 3.63) is 53.5 Å². The molecule has 2 aromatic rings. The van der Waals surface area contributed by atoms with Crippen molar-refractivity contribution >= 4 is 17.5 Å². The standard InChI is InChI=1S/C17H15FN2O/c18-15-5-3-13(4-6-15)14(12-19)11-16-7-8-17(21-16)20-9-1-2-10-20/h3-8,11H,1-2,9-10H2/b14-11+. The Balaban J connectivity index is 1.85. The second-order valence-corrected chi connectivity index (χ2v) is 5.05. The van der Waals surface area contributed by atoms with Crippen molar-refractivity contribution in [3.8, 4) is 6.07 Å². The van der Waals surface area contributed by atoms with Gasteiger partial charge in [0.05, 0.1) is 11.6 Å². The number of halogens is 1. The summed E-state index contributed by atoms with van der Waals surface area (Å²) in [5.41, 5.74) is 1.13. The van der Waals surface area contributed by atoms with Crippen molar-refractivity contribution < 1.29 is 8.81 Å². The number of anilines is 1. The zero-order valence-corrected chi connectivity index (χ0v) is 11.6. The summed E-state index contributed by atoms with van der Waals surface area (Å²) >= 11 is 0. The lowest BCUT2D eigenvalue weighted by atomic mass is 10.1. The lowest BCUT2D eigenvalue weighted by Gasteiger charge is -2.12. The third kappa shape index (κ3) is 2.97. The maximum absolute atomic E-state index is 12.9. The second-order valence-electron chi connectivity index (χ2n) is 5.05. The van der Waals surface area contributed by atoms with E-state index >= 15 is 0 Å². The highest BCUT2D eigenvalue weighted by Gasteiger charge is 2.15. The van der Waals surface area contributed by atoms with Gasteiger partial charge in [-0.2, -0.15) is 5.26 Å². The summed E-state index contributed by atoms with van der Waals surface area (Å²) in [6.07, 6.45) is 4.06. The van der Waals surface area contributed by atoms with E-state index in [-0.39, 0.29) is 5.82 Å². The minimum Gasteiger partial charge on any atom is -0.441 e. The minimum absolute atomic E-state index is 0.314. The molecule has 0 aliphatic carbocycles. The van der Waals surface area contributed by atoms with E-state index in [1.165, 1.54) is 25.0 Å². The Kier molecular flexibility index (Phi) is 3.74. The van der Waals surface area contributed by atoms with E-state index in [1.807, 2.05) is 12.1 Å². The van der Waals surface area contributed by atoms with E-state index in [9.17, 15) is 9.65 Å². The first-order chi connectivity index (χ1) is 10.3. The number of rotatable bonds is 3. The highest BCUT2D eigenvalue weighted by atomic mass is 19.1. The van der Waals surface area contributed by atoms with Crippen LogP contribution in [0.2, 0.25) is 0 Å². The van der Waals surface area contributed by atoms with Gasteiger partial charge in [0.2, 0.25) is 0 Å². The zero-order chi connectivity index (χ0) is 14.7. The molecule has 3 rings (SSSR count). The third-order valence-electron chi connectivity index (χ3n) is 3.59. The van der Waals surface area contributed by atoms with Crippen molar-refractivity contribution in [2.75, 3.05) is 18.0 Å². The average Bonchev–Trinajstić information content (AvgIpc) is 3.17. The fraction of sp³-hybridized carbons (Fsp3) is 0.235. The fourth-order valence-electron chi connectivity index (χ4n) is 2.48. The van der Waals surface area contributed by atoms with Crippen LogP contribution in [0, 0.1) is 17.1 Å². The average molecular weight is 282 g/mol.